The van der Waals surface area contributed by atoms with Crippen LogP contribution in [-0.4, -0.2) is 37.1 Å². The number of urea groups is 1. The highest BCUT2D eigenvalue weighted by molar-refractivity contribution is 6.31. The summed E-state index contributed by atoms with van der Waals surface area (Å²) in [6.07, 6.45) is 0. The normalized spacial score (nSPS) is 20.2. The SMILES string of the molecule is CN1C(=O)N(c2ccc(F)c(Cl)c2)CC1CN. The Morgan fingerprint density at radius 1 is 1.59 bits per heavy atom. The number of carbonyl (C=O) groups excluding carboxylic acids is 1. The van der Waals surface area contributed by atoms with Crippen molar-refractivity contribution >= 4 is 23.3 Å². The van der Waals surface area contributed by atoms with E-state index in [4.69, 9.17) is 17.3 Å². The Hall–Kier alpha value is -1.33. The lowest BCUT2D eigenvalue weighted by atomic mass is 10.2. The largest absolute Gasteiger partial charge is 0.328 e. The number of hydrogen-bond acceptors (Lipinski definition) is 2. The standard InChI is InChI=1S/C11H13ClFN3O/c1-15-8(5-14)6-16(11(15)17)7-2-3-10(13)9(12)4-7/h2-4,8H,5-6,14H2,1H3. The average Bonchev–Trinajstić information content (AvgIpc) is 2.60. The number of amides is 2. The second kappa shape index (κ2) is 4.50. The minimum atomic E-state index is -0.495. The zero-order chi connectivity index (χ0) is 12.6. The number of benzene rings is 1. The Labute approximate surface area is 104 Å². The quantitative estimate of drug-likeness (QED) is 0.876. The molecule has 17 heavy (non-hydrogen) atoms. The molecule has 0 aromatic heterocycles. The van der Waals surface area contributed by atoms with Crippen LogP contribution in [0.2, 0.25) is 5.02 Å². The number of nitrogens with zero attached hydrogens (tertiary/aromatic N) is 2. The maximum atomic E-state index is 13.0. The summed E-state index contributed by atoms with van der Waals surface area (Å²) in [4.78, 5) is 15.1. The molecule has 0 spiro atoms. The van der Waals surface area contributed by atoms with Crippen LogP contribution < -0.4 is 10.6 Å². The van der Waals surface area contributed by atoms with Crippen LogP contribution in [-0.2, 0) is 0 Å². The molecule has 1 heterocycles. The van der Waals surface area contributed by atoms with Crippen molar-refractivity contribution in [2.45, 2.75) is 6.04 Å². The predicted molar refractivity (Wildman–Crippen MR) is 64.8 cm³/mol. The van der Waals surface area contributed by atoms with Gasteiger partial charge in [-0.2, -0.15) is 0 Å². The fraction of sp³-hybridized carbons (Fsp3) is 0.364. The van der Waals surface area contributed by atoms with Gasteiger partial charge in [-0.25, -0.2) is 9.18 Å². The van der Waals surface area contributed by atoms with Crippen molar-refractivity contribution in [2.24, 2.45) is 5.73 Å². The van der Waals surface area contributed by atoms with Crippen molar-refractivity contribution in [3.63, 3.8) is 0 Å². The Balaban J connectivity index is 2.29. The highest BCUT2D eigenvalue weighted by atomic mass is 35.5. The van der Waals surface area contributed by atoms with Gasteiger partial charge in [-0.15, -0.1) is 0 Å². The van der Waals surface area contributed by atoms with Crippen molar-refractivity contribution in [3.8, 4) is 0 Å². The van der Waals surface area contributed by atoms with Crippen LogP contribution in [0.15, 0.2) is 18.2 Å². The Morgan fingerprint density at radius 3 is 2.82 bits per heavy atom. The summed E-state index contributed by atoms with van der Waals surface area (Å²) in [5.41, 5.74) is 6.16. The van der Waals surface area contributed by atoms with Crippen molar-refractivity contribution in [2.75, 3.05) is 25.0 Å². The van der Waals surface area contributed by atoms with Gasteiger partial charge in [0.15, 0.2) is 0 Å². The molecule has 1 unspecified atom stereocenters. The molecular formula is C11H13ClFN3O. The van der Waals surface area contributed by atoms with Crippen molar-refractivity contribution in [1.29, 1.82) is 0 Å². The van der Waals surface area contributed by atoms with E-state index in [1.54, 1.807) is 16.8 Å². The predicted octanol–water partition coefficient (Wildman–Crippen LogP) is 1.68. The molecule has 2 rings (SSSR count). The van der Waals surface area contributed by atoms with Gasteiger partial charge in [-0.3, -0.25) is 4.90 Å². The monoisotopic (exact) mass is 257 g/mol. The molecule has 2 N–H and O–H groups in total. The molecule has 0 aliphatic carbocycles. The molecule has 4 nitrogen and oxygen atoms in total. The fourth-order valence-electron chi connectivity index (χ4n) is 1.86. The third kappa shape index (κ3) is 2.08. The van der Waals surface area contributed by atoms with Crippen LogP contribution in [0.5, 0.6) is 0 Å². The Bertz CT molecular complexity index is 454. The molecule has 2 amide bonds. The van der Waals surface area contributed by atoms with E-state index in [-0.39, 0.29) is 17.1 Å². The maximum Gasteiger partial charge on any atom is 0.324 e. The van der Waals surface area contributed by atoms with E-state index >= 15 is 0 Å². The molecule has 92 valence electrons. The summed E-state index contributed by atoms with van der Waals surface area (Å²) in [5.74, 6) is -0.495. The van der Waals surface area contributed by atoms with Gasteiger partial charge >= 0.3 is 6.03 Å². The van der Waals surface area contributed by atoms with Gasteiger partial charge < -0.3 is 10.6 Å². The number of nitrogens with two attached hydrogens (primary N) is 1. The molecule has 1 aliphatic heterocycles. The van der Waals surface area contributed by atoms with E-state index in [1.165, 1.54) is 18.2 Å². The van der Waals surface area contributed by atoms with Gasteiger partial charge in [0.05, 0.1) is 11.1 Å². The van der Waals surface area contributed by atoms with E-state index in [2.05, 4.69) is 0 Å². The molecule has 0 bridgehead atoms. The first-order valence-corrected chi connectivity index (χ1v) is 5.62. The molecule has 1 aliphatic rings. The molecular weight excluding hydrogens is 245 g/mol. The second-order valence-corrected chi connectivity index (χ2v) is 4.40. The van der Waals surface area contributed by atoms with E-state index in [0.29, 0.717) is 18.8 Å². The lowest BCUT2D eigenvalue weighted by Crippen LogP contribution is -2.35. The van der Waals surface area contributed by atoms with Crippen LogP contribution in [0.1, 0.15) is 0 Å². The van der Waals surface area contributed by atoms with Gasteiger partial charge in [0.1, 0.15) is 5.82 Å². The Morgan fingerprint density at radius 2 is 2.29 bits per heavy atom. The van der Waals surface area contributed by atoms with Crippen LogP contribution in [0, 0.1) is 5.82 Å². The zero-order valence-electron chi connectivity index (χ0n) is 9.36. The minimum absolute atomic E-state index is 0.00847. The summed E-state index contributed by atoms with van der Waals surface area (Å²) in [5, 5.41) is 0.00847. The van der Waals surface area contributed by atoms with Crippen LogP contribution in [0.25, 0.3) is 0 Å². The molecule has 0 radical (unpaired) electrons. The molecule has 1 aromatic carbocycles. The molecule has 1 aromatic rings. The van der Waals surface area contributed by atoms with Crippen molar-refractivity contribution in [1.82, 2.24) is 4.90 Å². The van der Waals surface area contributed by atoms with Gasteiger partial charge in [-0.1, -0.05) is 11.6 Å². The number of halogens is 2. The van der Waals surface area contributed by atoms with Crippen molar-refractivity contribution < 1.29 is 9.18 Å². The Kier molecular flexibility index (Phi) is 3.22. The fourth-order valence-corrected chi connectivity index (χ4v) is 2.03. The van der Waals surface area contributed by atoms with Crippen LogP contribution >= 0.6 is 11.6 Å². The minimum Gasteiger partial charge on any atom is -0.328 e. The zero-order valence-corrected chi connectivity index (χ0v) is 10.1. The first-order chi connectivity index (χ1) is 8.04. The van der Waals surface area contributed by atoms with E-state index < -0.39 is 5.82 Å². The third-order valence-corrected chi connectivity index (χ3v) is 3.25. The molecule has 1 fully saturated rings. The highest BCUT2D eigenvalue weighted by Crippen LogP contribution is 2.26. The topological polar surface area (TPSA) is 49.6 Å². The lowest BCUT2D eigenvalue weighted by Gasteiger charge is -2.16. The number of likely N-dealkylation sites (N-methyl/N-ethyl adjacent to an activating group) is 1. The molecule has 1 atom stereocenters. The molecule has 1 saturated heterocycles. The highest BCUT2D eigenvalue weighted by Gasteiger charge is 2.34. The number of rotatable bonds is 2. The summed E-state index contributed by atoms with van der Waals surface area (Å²) in [6.45, 7) is 0.890. The molecule has 0 saturated carbocycles. The first kappa shape index (κ1) is 12.1. The number of anilines is 1. The number of hydrogen-bond donors (Lipinski definition) is 1. The average molecular weight is 258 g/mol. The van der Waals surface area contributed by atoms with Gasteiger partial charge in [-0.05, 0) is 18.2 Å². The van der Waals surface area contributed by atoms with Gasteiger partial charge in [0, 0.05) is 25.8 Å². The van der Waals surface area contributed by atoms with Crippen LogP contribution in [0.3, 0.4) is 0 Å². The van der Waals surface area contributed by atoms with E-state index in [9.17, 15) is 9.18 Å². The summed E-state index contributed by atoms with van der Waals surface area (Å²) in [6, 6.07) is 4.06. The van der Waals surface area contributed by atoms with Crippen LogP contribution in [0.4, 0.5) is 14.9 Å². The lowest BCUT2D eigenvalue weighted by molar-refractivity contribution is 0.219. The van der Waals surface area contributed by atoms with Gasteiger partial charge in [0.2, 0.25) is 0 Å². The summed E-state index contributed by atoms with van der Waals surface area (Å²) < 4.78 is 13.0. The second-order valence-electron chi connectivity index (χ2n) is 3.99. The third-order valence-electron chi connectivity index (χ3n) is 2.96. The van der Waals surface area contributed by atoms with E-state index in [1.807, 2.05) is 0 Å². The van der Waals surface area contributed by atoms with Crippen molar-refractivity contribution in [3.05, 3.63) is 29.0 Å². The first-order valence-electron chi connectivity index (χ1n) is 5.24. The summed E-state index contributed by atoms with van der Waals surface area (Å²) >= 11 is 5.70. The smallest absolute Gasteiger partial charge is 0.324 e. The van der Waals surface area contributed by atoms with E-state index in [0.717, 1.165) is 0 Å². The van der Waals surface area contributed by atoms with Gasteiger partial charge in [0.25, 0.3) is 0 Å². The maximum absolute atomic E-state index is 13.0. The molecule has 6 heteroatoms. The number of carbonyl (C=O) groups is 1. The summed E-state index contributed by atoms with van der Waals surface area (Å²) in [7, 11) is 1.70.